The summed E-state index contributed by atoms with van der Waals surface area (Å²) in [6, 6.07) is 9.36. The molecule has 5 rings (SSSR count). The largest absolute Gasteiger partial charge is 0.336 e. The number of hydrogen-bond donors (Lipinski definition) is 0. The van der Waals surface area contributed by atoms with E-state index >= 15 is 0 Å². The van der Waals surface area contributed by atoms with Crippen molar-refractivity contribution in [2.75, 3.05) is 13.1 Å². The normalized spacial score (nSPS) is 21.6. The number of rotatable bonds is 5. The summed E-state index contributed by atoms with van der Waals surface area (Å²) in [6.07, 6.45) is 8.79. The number of carbonyl (C=O) groups excluding carboxylic acids is 1. The molecule has 1 aliphatic carbocycles. The third-order valence-electron chi connectivity index (χ3n) is 6.16. The van der Waals surface area contributed by atoms with E-state index in [0.717, 1.165) is 37.1 Å². The second kappa shape index (κ2) is 7.63. The van der Waals surface area contributed by atoms with Crippen molar-refractivity contribution in [2.24, 2.45) is 5.92 Å². The van der Waals surface area contributed by atoms with Crippen LogP contribution in [0.4, 0.5) is 0 Å². The zero-order valence-electron chi connectivity index (χ0n) is 17.1. The fourth-order valence-corrected chi connectivity index (χ4v) is 4.49. The van der Waals surface area contributed by atoms with Crippen LogP contribution in [0.5, 0.6) is 0 Å². The number of aryl methyl sites for hydroxylation is 1. The van der Waals surface area contributed by atoms with E-state index in [2.05, 4.69) is 15.1 Å². The topological polar surface area (TPSA) is 85.0 Å². The summed E-state index contributed by atoms with van der Waals surface area (Å²) < 4.78 is 5.61. The third kappa shape index (κ3) is 3.72. The van der Waals surface area contributed by atoms with Gasteiger partial charge in [-0.15, -0.1) is 0 Å². The quantitative estimate of drug-likeness (QED) is 0.644. The molecular formula is C23H25N5O2. The first-order valence-corrected chi connectivity index (χ1v) is 10.6. The zero-order chi connectivity index (χ0) is 20.6. The number of carbonyl (C=O) groups is 1. The van der Waals surface area contributed by atoms with E-state index in [9.17, 15) is 4.79 Å². The Morgan fingerprint density at radius 1 is 1.23 bits per heavy atom. The van der Waals surface area contributed by atoms with E-state index in [-0.39, 0.29) is 11.3 Å². The summed E-state index contributed by atoms with van der Waals surface area (Å²) in [4.78, 5) is 28.5. The molecule has 2 fully saturated rings. The summed E-state index contributed by atoms with van der Waals surface area (Å²) in [7, 11) is 0. The average Bonchev–Trinajstić information content (AvgIpc) is 3.44. The van der Waals surface area contributed by atoms with Crippen LogP contribution < -0.4 is 0 Å². The van der Waals surface area contributed by atoms with Crippen molar-refractivity contribution in [2.45, 2.75) is 44.4 Å². The second-order valence-corrected chi connectivity index (χ2v) is 8.59. The van der Waals surface area contributed by atoms with Gasteiger partial charge in [0.05, 0.1) is 11.0 Å². The maximum atomic E-state index is 13.2. The molecule has 1 amide bonds. The van der Waals surface area contributed by atoms with Crippen LogP contribution in [-0.2, 0) is 5.41 Å². The van der Waals surface area contributed by atoms with Gasteiger partial charge >= 0.3 is 0 Å². The van der Waals surface area contributed by atoms with Gasteiger partial charge in [-0.25, -0.2) is 4.98 Å². The van der Waals surface area contributed by atoms with Gasteiger partial charge in [-0.2, -0.15) is 4.98 Å². The summed E-state index contributed by atoms with van der Waals surface area (Å²) in [5.41, 5.74) is 1.89. The van der Waals surface area contributed by atoms with E-state index < -0.39 is 0 Å². The molecule has 0 radical (unpaired) electrons. The predicted molar refractivity (Wildman–Crippen MR) is 111 cm³/mol. The fourth-order valence-electron chi connectivity index (χ4n) is 4.49. The van der Waals surface area contributed by atoms with Gasteiger partial charge < -0.3 is 9.42 Å². The zero-order valence-corrected chi connectivity index (χ0v) is 17.1. The number of nitrogens with zero attached hydrogens (tertiary/aromatic N) is 5. The molecule has 2 aliphatic rings. The van der Waals surface area contributed by atoms with Crippen LogP contribution >= 0.6 is 0 Å². The van der Waals surface area contributed by atoms with Gasteiger partial charge in [0, 0.05) is 31.2 Å². The first-order valence-electron chi connectivity index (χ1n) is 10.6. The van der Waals surface area contributed by atoms with Crippen molar-refractivity contribution >= 4 is 5.91 Å². The molecule has 1 saturated carbocycles. The Labute approximate surface area is 175 Å². The molecule has 7 nitrogen and oxygen atoms in total. The van der Waals surface area contributed by atoms with Crippen molar-refractivity contribution < 1.29 is 9.32 Å². The van der Waals surface area contributed by atoms with Gasteiger partial charge in [-0.05, 0) is 56.4 Å². The maximum absolute atomic E-state index is 13.2. The standard InChI is InChI=1S/C23H25N5O2/c1-16-5-2-7-19(25-16)21(29)28-12-4-10-23(15-28,13-17-8-9-17)22-26-20(30-27-22)18-6-3-11-24-14-18/h2-3,5-7,11,14,17H,4,8-10,12-13,15H2,1H3. The van der Waals surface area contributed by atoms with Gasteiger partial charge in [0.2, 0.25) is 0 Å². The van der Waals surface area contributed by atoms with Crippen molar-refractivity contribution in [3.63, 3.8) is 0 Å². The summed E-state index contributed by atoms with van der Waals surface area (Å²) in [5.74, 6) is 1.85. The Kier molecular flexibility index (Phi) is 4.81. The molecule has 0 bridgehead atoms. The Balaban J connectivity index is 1.45. The highest BCUT2D eigenvalue weighted by Gasteiger charge is 2.46. The molecule has 1 unspecified atom stereocenters. The van der Waals surface area contributed by atoms with Gasteiger partial charge in [-0.3, -0.25) is 9.78 Å². The minimum atomic E-state index is -0.275. The van der Waals surface area contributed by atoms with Crippen LogP contribution in [0.2, 0.25) is 0 Å². The molecule has 7 heteroatoms. The number of amides is 1. The molecule has 154 valence electrons. The number of pyridine rings is 2. The number of piperidine rings is 1. The van der Waals surface area contributed by atoms with E-state index in [1.54, 1.807) is 18.5 Å². The second-order valence-electron chi connectivity index (χ2n) is 8.59. The highest BCUT2D eigenvalue weighted by molar-refractivity contribution is 5.92. The maximum Gasteiger partial charge on any atom is 0.272 e. The fraction of sp³-hybridized carbons (Fsp3) is 0.435. The molecule has 0 aromatic carbocycles. The molecule has 1 atom stereocenters. The lowest BCUT2D eigenvalue weighted by Gasteiger charge is -2.41. The smallest absolute Gasteiger partial charge is 0.272 e. The van der Waals surface area contributed by atoms with Crippen LogP contribution in [0.25, 0.3) is 11.5 Å². The SMILES string of the molecule is Cc1cccc(C(=O)N2CCCC(CC3CC3)(c3noc(-c4cccnc4)n3)C2)n1. The molecule has 4 heterocycles. The molecule has 3 aromatic heterocycles. The van der Waals surface area contributed by atoms with E-state index in [1.165, 1.54) is 12.8 Å². The van der Waals surface area contributed by atoms with Crippen LogP contribution in [0, 0.1) is 12.8 Å². The molecule has 1 saturated heterocycles. The van der Waals surface area contributed by atoms with Crippen molar-refractivity contribution in [1.82, 2.24) is 25.0 Å². The Morgan fingerprint density at radius 3 is 2.90 bits per heavy atom. The number of aromatic nitrogens is 4. The highest BCUT2D eigenvalue weighted by Crippen LogP contribution is 2.46. The third-order valence-corrected chi connectivity index (χ3v) is 6.16. The molecule has 0 N–H and O–H groups in total. The summed E-state index contributed by atoms with van der Waals surface area (Å²) >= 11 is 0. The van der Waals surface area contributed by atoms with Gasteiger partial charge in [0.15, 0.2) is 5.82 Å². The average molecular weight is 403 g/mol. The molecule has 30 heavy (non-hydrogen) atoms. The van der Waals surface area contributed by atoms with Crippen molar-refractivity contribution in [3.8, 4) is 11.5 Å². The molecular weight excluding hydrogens is 378 g/mol. The molecule has 3 aromatic rings. The first kappa shape index (κ1) is 18.9. The van der Waals surface area contributed by atoms with E-state index in [0.29, 0.717) is 29.9 Å². The molecule has 1 aliphatic heterocycles. The van der Waals surface area contributed by atoms with E-state index in [4.69, 9.17) is 9.51 Å². The van der Waals surface area contributed by atoms with Crippen LogP contribution in [0.15, 0.2) is 47.2 Å². The van der Waals surface area contributed by atoms with Crippen LogP contribution in [-0.4, -0.2) is 44.0 Å². The van der Waals surface area contributed by atoms with Crippen molar-refractivity contribution in [3.05, 3.63) is 59.9 Å². The minimum absolute atomic E-state index is 0.0189. The Morgan fingerprint density at radius 2 is 2.13 bits per heavy atom. The molecule has 0 spiro atoms. The van der Waals surface area contributed by atoms with Crippen LogP contribution in [0.3, 0.4) is 0 Å². The summed E-state index contributed by atoms with van der Waals surface area (Å²) in [5, 5.41) is 4.38. The lowest BCUT2D eigenvalue weighted by atomic mass is 9.74. The van der Waals surface area contributed by atoms with Gasteiger partial charge in [-0.1, -0.05) is 24.1 Å². The monoisotopic (exact) mass is 403 g/mol. The number of hydrogen-bond acceptors (Lipinski definition) is 6. The van der Waals surface area contributed by atoms with Gasteiger partial charge in [0.1, 0.15) is 5.69 Å². The van der Waals surface area contributed by atoms with Crippen molar-refractivity contribution in [1.29, 1.82) is 0 Å². The van der Waals surface area contributed by atoms with Crippen LogP contribution in [0.1, 0.15) is 54.1 Å². The minimum Gasteiger partial charge on any atom is -0.336 e. The van der Waals surface area contributed by atoms with Gasteiger partial charge in [0.25, 0.3) is 11.8 Å². The Hall–Kier alpha value is -3.09. The lowest BCUT2D eigenvalue weighted by molar-refractivity contribution is 0.0601. The Bertz CT molecular complexity index is 1050. The number of likely N-dealkylation sites (tertiary alicyclic amines) is 1. The summed E-state index contributed by atoms with van der Waals surface area (Å²) in [6.45, 7) is 3.24. The first-order chi connectivity index (χ1) is 14.6. The highest BCUT2D eigenvalue weighted by atomic mass is 16.5. The predicted octanol–water partition coefficient (Wildman–Crippen LogP) is 3.81. The lowest BCUT2D eigenvalue weighted by Crippen LogP contribution is -2.49. The van der Waals surface area contributed by atoms with E-state index in [1.807, 2.05) is 36.1 Å².